The Hall–Kier alpha value is -3.48. The summed E-state index contributed by atoms with van der Waals surface area (Å²) in [7, 11) is 0. The van der Waals surface area contributed by atoms with Gasteiger partial charge >= 0.3 is 6.03 Å². The molecule has 2 aliphatic rings. The molecule has 2 aromatic carbocycles. The van der Waals surface area contributed by atoms with E-state index in [9.17, 15) is 18.8 Å². The maximum absolute atomic E-state index is 14.3. The van der Waals surface area contributed by atoms with Gasteiger partial charge in [0.2, 0.25) is 0 Å². The molecule has 33 heavy (non-hydrogen) atoms. The van der Waals surface area contributed by atoms with Crippen LogP contribution in [0.2, 0.25) is 0 Å². The minimum absolute atomic E-state index is 0.0213. The predicted molar refractivity (Wildman–Crippen MR) is 127 cm³/mol. The number of urea groups is 1. The summed E-state index contributed by atoms with van der Waals surface area (Å²) in [5.74, 6) is -2.08. The Morgan fingerprint density at radius 1 is 1.15 bits per heavy atom. The van der Waals surface area contributed by atoms with Crippen LogP contribution in [0.3, 0.4) is 0 Å². The van der Waals surface area contributed by atoms with Gasteiger partial charge in [-0.15, -0.1) is 0 Å². The van der Waals surface area contributed by atoms with Crippen LogP contribution >= 0.6 is 0 Å². The summed E-state index contributed by atoms with van der Waals surface area (Å²) in [6.45, 7) is 11.6. The van der Waals surface area contributed by atoms with Crippen molar-refractivity contribution in [2.24, 2.45) is 0 Å². The number of amides is 4. The molecule has 0 aromatic heterocycles. The molecule has 1 N–H and O–H groups in total. The molecule has 0 unspecified atom stereocenters. The number of carbonyl (C=O) groups excluding carboxylic acids is 3. The molecule has 1 saturated heterocycles. The molecule has 0 radical (unpaired) electrons. The summed E-state index contributed by atoms with van der Waals surface area (Å²) in [6, 6.07) is 8.61. The molecule has 172 valence electrons. The highest BCUT2D eigenvalue weighted by atomic mass is 19.1. The minimum Gasteiger partial charge on any atom is -0.366 e. The van der Waals surface area contributed by atoms with Crippen molar-refractivity contribution in [3.8, 4) is 0 Å². The number of benzene rings is 2. The van der Waals surface area contributed by atoms with Crippen LogP contribution < -0.4 is 15.1 Å². The van der Waals surface area contributed by atoms with E-state index < -0.39 is 23.7 Å². The highest BCUT2D eigenvalue weighted by molar-refractivity contribution is 6.39. The van der Waals surface area contributed by atoms with Gasteiger partial charge in [0.25, 0.3) is 11.8 Å². The molecule has 2 aromatic rings. The SMILES string of the molecule is CCN1c2cc(C)c(/C=C3\C(=O)NC(=O)N(c4ccccc4F)C3=O)cc2[C@@H](C)CC1(C)C. The largest absolute Gasteiger partial charge is 0.366 e. The molecule has 2 heterocycles. The standard InChI is InChI=1S/C26H28FN3O3/c1-6-29-22-11-15(2)17(12-18(22)16(3)14-26(29,4)5)13-19-23(31)28-25(33)30(24(19)32)21-10-8-7-9-20(21)27/h7-13,16H,6,14H2,1-5H3,(H,28,31,33)/b19-13+/t16-/m0/s1. The Kier molecular flexibility index (Phi) is 5.60. The third kappa shape index (κ3) is 3.81. The number of para-hydroxylation sites is 1. The summed E-state index contributed by atoms with van der Waals surface area (Å²) >= 11 is 0. The van der Waals surface area contributed by atoms with Crippen LogP contribution in [0.5, 0.6) is 0 Å². The molecule has 0 saturated carbocycles. The summed E-state index contributed by atoms with van der Waals surface area (Å²) in [5, 5.41) is 2.16. The van der Waals surface area contributed by atoms with Crippen LogP contribution in [0.15, 0.2) is 42.0 Å². The Balaban J connectivity index is 1.79. The zero-order valence-electron chi connectivity index (χ0n) is 19.5. The number of rotatable bonds is 3. The molecular formula is C26H28FN3O3. The first-order valence-corrected chi connectivity index (χ1v) is 11.1. The monoisotopic (exact) mass is 449 g/mol. The second-order valence-corrected chi connectivity index (χ2v) is 9.34. The second kappa shape index (κ2) is 8.14. The highest BCUT2D eigenvalue weighted by Gasteiger charge is 2.39. The van der Waals surface area contributed by atoms with E-state index in [1.54, 1.807) is 0 Å². The highest BCUT2D eigenvalue weighted by Crippen LogP contribution is 2.44. The van der Waals surface area contributed by atoms with Gasteiger partial charge in [0, 0.05) is 17.8 Å². The van der Waals surface area contributed by atoms with Gasteiger partial charge in [-0.1, -0.05) is 19.1 Å². The number of fused-ring (bicyclic) bond motifs is 1. The van der Waals surface area contributed by atoms with Crippen molar-refractivity contribution in [1.82, 2.24) is 5.32 Å². The molecule has 2 aliphatic heterocycles. The third-order valence-electron chi connectivity index (χ3n) is 6.58. The quantitative estimate of drug-likeness (QED) is 0.534. The summed E-state index contributed by atoms with van der Waals surface area (Å²) < 4.78 is 14.3. The van der Waals surface area contributed by atoms with E-state index in [2.05, 4.69) is 44.0 Å². The van der Waals surface area contributed by atoms with Crippen LogP contribution in [0, 0.1) is 12.7 Å². The molecule has 0 bridgehead atoms. The number of barbiturate groups is 1. The van der Waals surface area contributed by atoms with Gasteiger partial charge in [-0.3, -0.25) is 14.9 Å². The predicted octanol–water partition coefficient (Wildman–Crippen LogP) is 4.91. The van der Waals surface area contributed by atoms with E-state index in [4.69, 9.17) is 0 Å². The van der Waals surface area contributed by atoms with E-state index in [1.807, 2.05) is 13.0 Å². The first-order chi connectivity index (χ1) is 15.5. The van der Waals surface area contributed by atoms with Crippen LogP contribution in [0.4, 0.5) is 20.6 Å². The molecular weight excluding hydrogens is 421 g/mol. The lowest BCUT2D eigenvalue weighted by Crippen LogP contribution is -2.54. The number of halogens is 1. The minimum atomic E-state index is -0.969. The lowest BCUT2D eigenvalue weighted by molar-refractivity contribution is -0.122. The number of carbonyl (C=O) groups is 3. The van der Waals surface area contributed by atoms with Gasteiger partial charge in [0.05, 0.1) is 5.69 Å². The fourth-order valence-electron chi connectivity index (χ4n) is 5.07. The van der Waals surface area contributed by atoms with E-state index in [1.165, 1.54) is 24.3 Å². The van der Waals surface area contributed by atoms with Gasteiger partial charge in [-0.2, -0.15) is 0 Å². The van der Waals surface area contributed by atoms with Crippen molar-refractivity contribution >= 4 is 35.3 Å². The molecule has 1 atom stereocenters. The van der Waals surface area contributed by atoms with Gasteiger partial charge in [-0.05, 0) is 87.1 Å². The maximum atomic E-state index is 14.3. The lowest BCUT2D eigenvalue weighted by Gasteiger charge is -2.47. The van der Waals surface area contributed by atoms with Crippen molar-refractivity contribution < 1.29 is 18.8 Å². The van der Waals surface area contributed by atoms with Crippen LogP contribution in [0.25, 0.3) is 6.08 Å². The molecule has 1 fully saturated rings. The summed E-state index contributed by atoms with van der Waals surface area (Å²) in [5.41, 5.74) is 3.54. The number of nitrogens with zero attached hydrogens (tertiary/aromatic N) is 2. The van der Waals surface area contributed by atoms with Gasteiger partial charge < -0.3 is 4.90 Å². The Morgan fingerprint density at radius 3 is 2.52 bits per heavy atom. The van der Waals surface area contributed by atoms with Crippen molar-refractivity contribution in [3.63, 3.8) is 0 Å². The Labute approximate surface area is 193 Å². The Morgan fingerprint density at radius 2 is 1.85 bits per heavy atom. The van der Waals surface area contributed by atoms with E-state index in [0.717, 1.165) is 41.4 Å². The Bertz CT molecular complexity index is 1200. The lowest BCUT2D eigenvalue weighted by atomic mass is 9.79. The number of nitrogens with one attached hydrogen (secondary N) is 1. The topological polar surface area (TPSA) is 69.7 Å². The van der Waals surface area contributed by atoms with Crippen LogP contribution in [-0.2, 0) is 9.59 Å². The number of anilines is 2. The average molecular weight is 450 g/mol. The number of imide groups is 2. The molecule has 0 aliphatic carbocycles. The van der Waals surface area contributed by atoms with E-state index in [-0.39, 0.29) is 16.8 Å². The van der Waals surface area contributed by atoms with Gasteiger partial charge in [0.1, 0.15) is 11.4 Å². The molecule has 7 heteroatoms. The third-order valence-corrected chi connectivity index (χ3v) is 6.58. The number of aryl methyl sites for hydroxylation is 1. The maximum Gasteiger partial charge on any atom is 0.336 e. The molecule has 4 rings (SSSR count). The molecule has 0 spiro atoms. The van der Waals surface area contributed by atoms with Crippen molar-refractivity contribution in [1.29, 1.82) is 0 Å². The smallest absolute Gasteiger partial charge is 0.336 e. The van der Waals surface area contributed by atoms with Crippen molar-refractivity contribution in [3.05, 3.63) is 64.5 Å². The van der Waals surface area contributed by atoms with E-state index in [0.29, 0.717) is 10.8 Å². The fourth-order valence-corrected chi connectivity index (χ4v) is 5.07. The zero-order valence-corrected chi connectivity index (χ0v) is 19.5. The van der Waals surface area contributed by atoms with Crippen LogP contribution in [-0.4, -0.2) is 29.9 Å². The van der Waals surface area contributed by atoms with Gasteiger partial charge in [-0.25, -0.2) is 14.1 Å². The first kappa shape index (κ1) is 22.7. The van der Waals surface area contributed by atoms with Crippen molar-refractivity contribution in [2.45, 2.75) is 52.5 Å². The molecule has 6 nitrogen and oxygen atoms in total. The summed E-state index contributed by atoms with van der Waals surface area (Å²) in [4.78, 5) is 41.1. The van der Waals surface area contributed by atoms with Crippen LogP contribution in [0.1, 0.15) is 56.7 Å². The van der Waals surface area contributed by atoms with Gasteiger partial charge in [0.15, 0.2) is 0 Å². The average Bonchev–Trinajstić information content (AvgIpc) is 2.72. The first-order valence-electron chi connectivity index (χ1n) is 11.1. The normalized spacial score (nSPS) is 21.3. The molecule has 4 amide bonds. The summed E-state index contributed by atoms with van der Waals surface area (Å²) in [6.07, 6.45) is 2.47. The zero-order chi connectivity index (χ0) is 24.1. The second-order valence-electron chi connectivity index (χ2n) is 9.34. The number of hydrogen-bond acceptors (Lipinski definition) is 4. The fraction of sp³-hybridized carbons (Fsp3) is 0.346. The van der Waals surface area contributed by atoms with Crippen molar-refractivity contribution in [2.75, 3.05) is 16.3 Å². The number of hydrogen-bond donors (Lipinski definition) is 1. The van der Waals surface area contributed by atoms with E-state index >= 15 is 0 Å².